The summed E-state index contributed by atoms with van der Waals surface area (Å²) >= 11 is 0. The number of nitrogens with one attached hydrogen (secondary N) is 1. The molecule has 0 fully saturated rings. The summed E-state index contributed by atoms with van der Waals surface area (Å²) in [5.74, 6) is -0.517. The Bertz CT molecular complexity index is 817. The van der Waals surface area contributed by atoms with Gasteiger partial charge in [-0.25, -0.2) is 0 Å². The average molecular weight is 372 g/mol. The number of amides is 1. The largest absolute Gasteiger partial charge is 0.454 e. The van der Waals surface area contributed by atoms with Crippen LogP contribution in [-0.4, -0.2) is 28.9 Å². The summed E-state index contributed by atoms with van der Waals surface area (Å²) in [7, 11) is 0. The van der Waals surface area contributed by atoms with Gasteiger partial charge in [-0.15, -0.1) is 0 Å². The number of nitrogens with zero attached hydrogens (tertiary/aromatic N) is 1. The van der Waals surface area contributed by atoms with E-state index >= 15 is 0 Å². The zero-order chi connectivity index (χ0) is 20.1. The molecule has 27 heavy (non-hydrogen) atoms. The van der Waals surface area contributed by atoms with Crippen LogP contribution in [-0.2, 0) is 20.7 Å². The first-order valence-corrected chi connectivity index (χ1v) is 8.75. The Morgan fingerprint density at radius 2 is 1.74 bits per heavy atom. The third-order valence-corrected chi connectivity index (χ3v) is 4.14. The molecule has 7 heteroatoms. The first-order valence-electron chi connectivity index (χ1n) is 8.75. The summed E-state index contributed by atoms with van der Waals surface area (Å²) in [5, 5.41) is 6.54. The Hall–Kier alpha value is -2.96. The van der Waals surface area contributed by atoms with E-state index in [1.807, 2.05) is 0 Å². The molecule has 0 aliphatic rings. The maximum Gasteiger partial charge on any atom is 0.311 e. The standard InChI is InChI=1S/C20H24N2O5/c1-11(2)20(25)21-16-8-6-15(7-9-16)19(24)14(5)26-18(23)10-17-12(3)22-27-13(17)4/h6-9,11,14H,10H2,1-5H3,(H,21,25). The number of rotatable bonds is 7. The predicted molar refractivity (Wildman–Crippen MR) is 99.5 cm³/mol. The molecule has 144 valence electrons. The summed E-state index contributed by atoms with van der Waals surface area (Å²) in [5.41, 5.74) is 2.30. The van der Waals surface area contributed by atoms with Crippen LogP contribution in [0.15, 0.2) is 28.8 Å². The number of carbonyl (C=O) groups excluding carboxylic acids is 3. The topological polar surface area (TPSA) is 98.5 Å². The lowest BCUT2D eigenvalue weighted by Gasteiger charge is -2.13. The molecule has 1 aromatic carbocycles. The van der Waals surface area contributed by atoms with Crippen molar-refractivity contribution in [3.63, 3.8) is 0 Å². The molecular formula is C20H24N2O5. The van der Waals surface area contributed by atoms with Crippen LogP contribution >= 0.6 is 0 Å². The number of carbonyl (C=O) groups is 3. The molecule has 1 heterocycles. The van der Waals surface area contributed by atoms with Gasteiger partial charge in [0.1, 0.15) is 5.76 Å². The lowest BCUT2D eigenvalue weighted by Crippen LogP contribution is -2.25. The van der Waals surface area contributed by atoms with Crippen molar-refractivity contribution in [2.75, 3.05) is 5.32 Å². The number of anilines is 1. The van der Waals surface area contributed by atoms with E-state index in [4.69, 9.17) is 9.26 Å². The molecule has 7 nitrogen and oxygen atoms in total. The van der Waals surface area contributed by atoms with Gasteiger partial charge in [0, 0.05) is 22.7 Å². The average Bonchev–Trinajstić information content (AvgIpc) is 2.93. The summed E-state index contributed by atoms with van der Waals surface area (Å²) in [6, 6.07) is 6.48. The Morgan fingerprint density at radius 3 is 2.26 bits per heavy atom. The van der Waals surface area contributed by atoms with Crippen molar-refractivity contribution >= 4 is 23.3 Å². The molecule has 0 spiro atoms. The predicted octanol–water partition coefficient (Wildman–Crippen LogP) is 3.24. The Kier molecular flexibility index (Phi) is 6.50. The number of aryl methyl sites for hydroxylation is 2. The number of benzene rings is 1. The molecule has 1 N–H and O–H groups in total. The quantitative estimate of drug-likeness (QED) is 0.592. The van der Waals surface area contributed by atoms with Crippen LogP contribution in [0, 0.1) is 19.8 Å². The number of ether oxygens (including phenoxy) is 1. The van der Waals surface area contributed by atoms with Gasteiger partial charge in [0.2, 0.25) is 11.7 Å². The van der Waals surface area contributed by atoms with E-state index in [9.17, 15) is 14.4 Å². The molecule has 1 atom stereocenters. The summed E-state index contributed by atoms with van der Waals surface area (Å²) in [6.07, 6.45) is -0.923. The number of ketones is 1. The van der Waals surface area contributed by atoms with Gasteiger partial charge in [0.05, 0.1) is 12.1 Å². The Labute approximate surface area is 158 Å². The molecule has 2 rings (SSSR count). The summed E-state index contributed by atoms with van der Waals surface area (Å²) in [6.45, 7) is 8.59. The van der Waals surface area contributed by atoms with Crippen molar-refractivity contribution in [3.8, 4) is 0 Å². The van der Waals surface area contributed by atoms with Gasteiger partial charge < -0.3 is 14.6 Å². The lowest BCUT2D eigenvalue weighted by atomic mass is 10.1. The highest BCUT2D eigenvalue weighted by Gasteiger charge is 2.22. The second-order valence-corrected chi connectivity index (χ2v) is 6.70. The first-order chi connectivity index (χ1) is 12.7. The van der Waals surface area contributed by atoms with Gasteiger partial charge in [0.15, 0.2) is 6.10 Å². The van der Waals surface area contributed by atoms with Gasteiger partial charge in [-0.1, -0.05) is 19.0 Å². The SMILES string of the molecule is Cc1noc(C)c1CC(=O)OC(C)C(=O)c1ccc(NC(=O)C(C)C)cc1. The molecule has 0 saturated heterocycles. The van der Waals surface area contributed by atoms with Crippen LogP contribution in [0.1, 0.15) is 48.1 Å². The Morgan fingerprint density at radius 1 is 1.11 bits per heavy atom. The van der Waals surface area contributed by atoms with Crippen LogP contribution < -0.4 is 5.32 Å². The molecule has 0 radical (unpaired) electrons. The van der Waals surface area contributed by atoms with Crippen LogP contribution in [0.25, 0.3) is 0 Å². The fourth-order valence-corrected chi connectivity index (χ4v) is 2.43. The molecule has 0 aliphatic heterocycles. The highest BCUT2D eigenvalue weighted by Crippen LogP contribution is 2.16. The molecule has 0 aliphatic carbocycles. The van der Waals surface area contributed by atoms with Gasteiger partial charge in [-0.2, -0.15) is 0 Å². The third kappa shape index (κ3) is 5.26. The van der Waals surface area contributed by atoms with Crippen molar-refractivity contribution in [1.82, 2.24) is 5.16 Å². The van der Waals surface area contributed by atoms with E-state index in [1.54, 1.807) is 52.0 Å². The first kappa shape index (κ1) is 20.4. The van der Waals surface area contributed by atoms with Gasteiger partial charge in [-0.05, 0) is 45.0 Å². The second kappa shape index (κ2) is 8.62. The molecular weight excluding hydrogens is 348 g/mol. The third-order valence-electron chi connectivity index (χ3n) is 4.14. The number of hydrogen-bond acceptors (Lipinski definition) is 6. The number of Topliss-reactive ketones (excluding diaryl/α,β-unsaturated/α-hetero) is 1. The monoisotopic (exact) mass is 372 g/mol. The van der Waals surface area contributed by atoms with E-state index in [0.717, 1.165) is 0 Å². The van der Waals surface area contributed by atoms with E-state index in [2.05, 4.69) is 10.5 Å². The maximum absolute atomic E-state index is 12.5. The van der Waals surface area contributed by atoms with E-state index in [-0.39, 0.29) is 24.0 Å². The Balaban J connectivity index is 1.96. The van der Waals surface area contributed by atoms with E-state index in [0.29, 0.717) is 28.3 Å². The highest BCUT2D eigenvalue weighted by molar-refractivity contribution is 6.01. The second-order valence-electron chi connectivity index (χ2n) is 6.70. The fraction of sp³-hybridized carbons (Fsp3) is 0.400. The van der Waals surface area contributed by atoms with Crippen molar-refractivity contribution in [3.05, 3.63) is 46.8 Å². The minimum Gasteiger partial charge on any atom is -0.454 e. The number of esters is 1. The minimum absolute atomic E-state index is 0.00103. The molecule has 0 bridgehead atoms. The minimum atomic E-state index is -0.922. The van der Waals surface area contributed by atoms with Crippen LogP contribution in [0.5, 0.6) is 0 Å². The smallest absolute Gasteiger partial charge is 0.311 e. The van der Waals surface area contributed by atoms with Gasteiger partial charge in [0.25, 0.3) is 0 Å². The van der Waals surface area contributed by atoms with Crippen molar-refractivity contribution in [2.24, 2.45) is 5.92 Å². The summed E-state index contributed by atoms with van der Waals surface area (Å²) < 4.78 is 10.3. The highest BCUT2D eigenvalue weighted by atomic mass is 16.5. The number of aromatic nitrogens is 1. The van der Waals surface area contributed by atoms with Gasteiger partial charge >= 0.3 is 5.97 Å². The van der Waals surface area contributed by atoms with E-state index < -0.39 is 12.1 Å². The van der Waals surface area contributed by atoms with Crippen molar-refractivity contribution in [1.29, 1.82) is 0 Å². The molecule has 0 saturated carbocycles. The number of hydrogen-bond donors (Lipinski definition) is 1. The van der Waals surface area contributed by atoms with Crippen molar-refractivity contribution < 1.29 is 23.6 Å². The van der Waals surface area contributed by atoms with Gasteiger partial charge in [-0.3, -0.25) is 14.4 Å². The van der Waals surface area contributed by atoms with Crippen LogP contribution in [0.4, 0.5) is 5.69 Å². The zero-order valence-electron chi connectivity index (χ0n) is 16.2. The van der Waals surface area contributed by atoms with Crippen LogP contribution in [0.2, 0.25) is 0 Å². The van der Waals surface area contributed by atoms with Crippen LogP contribution in [0.3, 0.4) is 0 Å². The molecule has 1 unspecified atom stereocenters. The molecule has 2 aromatic rings. The van der Waals surface area contributed by atoms with E-state index in [1.165, 1.54) is 6.92 Å². The lowest BCUT2D eigenvalue weighted by molar-refractivity contribution is -0.145. The summed E-state index contributed by atoms with van der Waals surface area (Å²) in [4.78, 5) is 36.3. The van der Waals surface area contributed by atoms with Crippen molar-refractivity contribution in [2.45, 2.75) is 47.1 Å². The normalized spacial score (nSPS) is 11.9. The fourth-order valence-electron chi connectivity index (χ4n) is 2.43. The molecule has 1 amide bonds. The maximum atomic E-state index is 12.5. The zero-order valence-corrected chi connectivity index (χ0v) is 16.2. The molecule has 1 aromatic heterocycles.